The Kier molecular flexibility index (Phi) is 4.98. The number of thioether (sulfide) groups is 1. The summed E-state index contributed by atoms with van der Waals surface area (Å²) in [5.41, 5.74) is 1.27. The van der Waals surface area contributed by atoms with E-state index in [2.05, 4.69) is 22.3 Å². The van der Waals surface area contributed by atoms with Gasteiger partial charge in [-0.05, 0) is 24.6 Å². The molecule has 0 spiro atoms. The van der Waals surface area contributed by atoms with Gasteiger partial charge in [0.15, 0.2) is 17.1 Å². The Balaban J connectivity index is 1.66. The first-order valence-electron chi connectivity index (χ1n) is 7.52. The topological polar surface area (TPSA) is 39.9 Å². The number of nitrogens with zero attached hydrogens (tertiary/aromatic N) is 3. The molecule has 0 aliphatic heterocycles. The lowest BCUT2D eigenvalue weighted by Crippen LogP contribution is -2.10. The number of para-hydroxylation sites is 1. The average Bonchev–Trinajstić information content (AvgIpc) is 2.96. The second-order valence-corrected chi connectivity index (χ2v) is 6.19. The van der Waals surface area contributed by atoms with Gasteiger partial charge in [-0.25, -0.2) is 0 Å². The molecule has 4 nitrogen and oxygen atoms in total. The molecule has 0 saturated carbocycles. The highest BCUT2D eigenvalue weighted by atomic mass is 32.2. The van der Waals surface area contributed by atoms with Crippen LogP contribution in [0.1, 0.15) is 24.4 Å². The molecule has 1 atom stereocenters. The van der Waals surface area contributed by atoms with Gasteiger partial charge in [0, 0.05) is 12.8 Å². The Labute approximate surface area is 140 Å². The van der Waals surface area contributed by atoms with Crippen molar-refractivity contribution in [3.63, 3.8) is 0 Å². The molecule has 3 aromatic rings. The molecule has 0 fully saturated rings. The molecule has 0 radical (unpaired) electrons. The summed E-state index contributed by atoms with van der Waals surface area (Å²) >= 11 is 1.68. The summed E-state index contributed by atoms with van der Waals surface area (Å²) in [6, 6.07) is 20.1. The summed E-state index contributed by atoms with van der Waals surface area (Å²) in [6.07, 6.45) is -0.152. The lowest BCUT2D eigenvalue weighted by molar-refractivity contribution is 0.211. The van der Waals surface area contributed by atoms with Crippen molar-refractivity contribution in [1.29, 1.82) is 0 Å². The molecule has 0 bridgehead atoms. The number of hydrogen-bond acceptors (Lipinski definition) is 4. The second kappa shape index (κ2) is 7.33. The van der Waals surface area contributed by atoms with Crippen molar-refractivity contribution < 1.29 is 4.74 Å². The van der Waals surface area contributed by atoms with Crippen LogP contribution in [0, 0.1) is 0 Å². The summed E-state index contributed by atoms with van der Waals surface area (Å²) in [4.78, 5) is 0. The highest BCUT2D eigenvalue weighted by Gasteiger charge is 2.17. The van der Waals surface area contributed by atoms with Gasteiger partial charge in [0.25, 0.3) is 0 Å². The zero-order valence-electron chi connectivity index (χ0n) is 13.2. The number of aromatic nitrogens is 3. The zero-order valence-corrected chi connectivity index (χ0v) is 14.0. The van der Waals surface area contributed by atoms with Gasteiger partial charge < -0.3 is 9.30 Å². The number of rotatable bonds is 6. The van der Waals surface area contributed by atoms with Crippen LogP contribution in [0.25, 0.3) is 0 Å². The minimum atomic E-state index is -0.152. The van der Waals surface area contributed by atoms with Gasteiger partial charge >= 0.3 is 0 Å². The van der Waals surface area contributed by atoms with Crippen molar-refractivity contribution >= 4 is 11.8 Å². The van der Waals surface area contributed by atoms with E-state index in [0.29, 0.717) is 0 Å². The Bertz CT molecular complexity index is 743. The Morgan fingerprint density at radius 2 is 1.65 bits per heavy atom. The van der Waals surface area contributed by atoms with E-state index in [1.54, 1.807) is 11.8 Å². The largest absolute Gasteiger partial charge is 0.483 e. The molecule has 3 rings (SSSR count). The van der Waals surface area contributed by atoms with Crippen LogP contribution in [-0.4, -0.2) is 14.8 Å². The van der Waals surface area contributed by atoms with Crippen molar-refractivity contribution in [2.45, 2.75) is 23.9 Å². The van der Waals surface area contributed by atoms with Crippen LogP contribution in [-0.2, 0) is 12.8 Å². The number of hydrogen-bond donors (Lipinski definition) is 0. The monoisotopic (exact) mass is 325 g/mol. The van der Waals surface area contributed by atoms with Crippen LogP contribution in [0.15, 0.2) is 65.8 Å². The molecule has 118 valence electrons. The van der Waals surface area contributed by atoms with Crippen molar-refractivity contribution in [2.75, 3.05) is 0 Å². The second-order valence-electron chi connectivity index (χ2n) is 5.25. The van der Waals surface area contributed by atoms with Gasteiger partial charge in [0.2, 0.25) is 0 Å². The van der Waals surface area contributed by atoms with E-state index >= 15 is 0 Å². The van der Waals surface area contributed by atoms with E-state index in [-0.39, 0.29) is 6.10 Å². The summed E-state index contributed by atoms with van der Waals surface area (Å²) < 4.78 is 7.93. The first-order valence-corrected chi connectivity index (χ1v) is 8.50. The van der Waals surface area contributed by atoms with E-state index in [4.69, 9.17) is 4.74 Å². The average molecular weight is 325 g/mol. The van der Waals surface area contributed by atoms with E-state index in [0.717, 1.165) is 22.5 Å². The molecule has 0 N–H and O–H groups in total. The smallest absolute Gasteiger partial charge is 0.191 e. The van der Waals surface area contributed by atoms with Crippen molar-refractivity contribution in [1.82, 2.24) is 14.8 Å². The van der Waals surface area contributed by atoms with E-state index in [1.165, 1.54) is 5.56 Å². The summed E-state index contributed by atoms with van der Waals surface area (Å²) in [5.74, 6) is 2.53. The van der Waals surface area contributed by atoms with Gasteiger partial charge in [0.1, 0.15) is 5.75 Å². The highest BCUT2D eigenvalue weighted by molar-refractivity contribution is 7.98. The van der Waals surface area contributed by atoms with Crippen molar-refractivity contribution in [3.05, 3.63) is 72.1 Å². The summed E-state index contributed by atoms with van der Waals surface area (Å²) in [6.45, 7) is 1.99. The van der Waals surface area contributed by atoms with E-state index in [1.807, 2.05) is 67.1 Å². The summed E-state index contributed by atoms with van der Waals surface area (Å²) in [5, 5.41) is 9.48. The normalized spacial score (nSPS) is 12.1. The third-order valence-corrected chi connectivity index (χ3v) is 4.59. The van der Waals surface area contributed by atoms with Crippen LogP contribution < -0.4 is 4.74 Å². The molecule has 0 unspecified atom stereocenters. The molecule has 0 aliphatic rings. The molecule has 23 heavy (non-hydrogen) atoms. The van der Waals surface area contributed by atoms with Crippen LogP contribution in [0.3, 0.4) is 0 Å². The Hall–Kier alpha value is -2.27. The lowest BCUT2D eigenvalue weighted by atomic mass is 10.2. The maximum atomic E-state index is 5.92. The standard InChI is InChI=1S/C18H19N3OS/c1-14(22-16-11-7-4-8-12-16)17-19-20-18(21(17)2)23-13-15-9-5-3-6-10-15/h3-12,14H,13H2,1-2H3/t14-/m0/s1. The fraction of sp³-hybridized carbons (Fsp3) is 0.222. The Morgan fingerprint density at radius 1 is 1.00 bits per heavy atom. The van der Waals surface area contributed by atoms with Crippen LogP contribution in [0.4, 0.5) is 0 Å². The third-order valence-electron chi connectivity index (χ3n) is 3.50. The predicted octanol–water partition coefficient (Wildman–Crippen LogP) is 4.25. The fourth-order valence-electron chi connectivity index (χ4n) is 2.28. The minimum absolute atomic E-state index is 0.152. The molecule has 2 aromatic carbocycles. The van der Waals surface area contributed by atoms with Crippen LogP contribution >= 0.6 is 11.8 Å². The third kappa shape index (κ3) is 3.93. The molecule has 1 heterocycles. The number of ether oxygens (including phenoxy) is 1. The van der Waals surface area contributed by atoms with Gasteiger partial charge in [-0.1, -0.05) is 60.3 Å². The molecule has 0 amide bonds. The summed E-state index contributed by atoms with van der Waals surface area (Å²) in [7, 11) is 1.98. The highest BCUT2D eigenvalue weighted by Crippen LogP contribution is 2.25. The maximum Gasteiger partial charge on any atom is 0.191 e. The Morgan fingerprint density at radius 3 is 2.35 bits per heavy atom. The minimum Gasteiger partial charge on any atom is -0.483 e. The molecular formula is C18H19N3OS. The molecule has 0 saturated heterocycles. The SMILES string of the molecule is C[C@H](Oc1ccccc1)c1nnc(SCc2ccccc2)n1C. The zero-order chi connectivity index (χ0) is 16.1. The van der Waals surface area contributed by atoms with E-state index in [9.17, 15) is 0 Å². The fourth-order valence-corrected chi connectivity index (χ4v) is 3.16. The number of benzene rings is 2. The van der Waals surface area contributed by atoms with Gasteiger partial charge in [-0.15, -0.1) is 10.2 Å². The lowest BCUT2D eigenvalue weighted by Gasteiger charge is -2.14. The van der Waals surface area contributed by atoms with Gasteiger partial charge in [-0.2, -0.15) is 0 Å². The predicted molar refractivity (Wildman–Crippen MR) is 92.5 cm³/mol. The van der Waals surface area contributed by atoms with Gasteiger partial charge in [0.05, 0.1) is 0 Å². The first-order chi connectivity index (χ1) is 11.2. The van der Waals surface area contributed by atoms with Crippen LogP contribution in [0.2, 0.25) is 0 Å². The van der Waals surface area contributed by atoms with Crippen LogP contribution in [0.5, 0.6) is 5.75 Å². The van der Waals surface area contributed by atoms with E-state index < -0.39 is 0 Å². The quantitative estimate of drug-likeness (QED) is 0.635. The van der Waals surface area contributed by atoms with Crippen molar-refractivity contribution in [2.24, 2.45) is 7.05 Å². The maximum absolute atomic E-state index is 5.92. The molecule has 0 aliphatic carbocycles. The van der Waals surface area contributed by atoms with Crippen molar-refractivity contribution in [3.8, 4) is 5.75 Å². The first kappa shape index (κ1) is 15.6. The van der Waals surface area contributed by atoms with Gasteiger partial charge in [-0.3, -0.25) is 0 Å². The molecule has 5 heteroatoms. The molecular weight excluding hydrogens is 306 g/mol. The molecule has 1 aromatic heterocycles.